The smallest absolute Gasteiger partial charge is 0.253 e. The Hall–Kier alpha value is -5.02. The average molecular weight is 875 g/mol. The fraction of sp³-hybridized carbons (Fsp3) is 0.560. The quantitative estimate of drug-likeness (QED) is 0.0797. The molecule has 2 aliphatic heterocycles. The maximum absolute atomic E-state index is 12.9. The van der Waals surface area contributed by atoms with Gasteiger partial charge in [0.1, 0.15) is 24.3 Å². The minimum absolute atomic E-state index is 0.0269. The molecular formula is C50H70N10O4. The highest BCUT2D eigenvalue weighted by atomic mass is 16.5. The molecule has 64 heavy (non-hydrogen) atoms. The summed E-state index contributed by atoms with van der Waals surface area (Å²) in [7, 11) is 0. The molecule has 2 saturated heterocycles. The second-order valence-corrected chi connectivity index (χ2v) is 18.2. The van der Waals surface area contributed by atoms with Crippen LogP contribution in [0, 0.1) is 23.7 Å². The molecule has 6 atom stereocenters. The third kappa shape index (κ3) is 14.0. The van der Waals surface area contributed by atoms with E-state index in [-0.39, 0.29) is 23.9 Å². The van der Waals surface area contributed by atoms with E-state index in [9.17, 15) is 9.59 Å². The number of nitrogens with one attached hydrogen (secondary N) is 2. The molecule has 6 heterocycles. The molecule has 4 aromatic rings. The number of aromatic nitrogens is 6. The number of piperidine rings is 2. The lowest BCUT2D eigenvalue weighted by Gasteiger charge is -2.39. The highest BCUT2D eigenvalue weighted by molar-refractivity contribution is 5.94. The van der Waals surface area contributed by atoms with Gasteiger partial charge in [-0.05, 0) is 112 Å². The molecule has 8 rings (SSSR count). The Labute approximate surface area is 380 Å². The van der Waals surface area contributed by atoms with E-state index < -0.39 is 0 Å². The minimum atomic E-state index is -0.0269. The van der Waals surface area contributed by atoms with Crippen molar-refractivity contribution in [1.29, 1.82) is 0 Å². The molecule has 2 aliphatic carbocycles. The molecule has 14 heteroatoms. The zero-order chi connectivity index (χ0) is 44.4. The van der Waals surface area contributed by atoms with Crippen LogP contribution in [-0.2, 0) is 9.47 Å². The van der Waals surface area contributed by atoms with Gasteiger partial charge >= 0.3 is 0 Å². The van der Waals surface area contributed by atoms with Gasteiger partial charge < -0.3 is 29.9 Å². The van der Waals surface area contributed by atoms with Crippen molar-refractivity contribution in [1.82, 2.24) is 49.5 Å². The standard InChI is InChI=1S/2C25H35N5O2/c2*1-2-14-32-18-20-6-5-12-29(16-20)17-22-7-3-4-8-23(22)28-25(31)21-9-10-24(27-15-21)30-13-11-26-19-30/h2*2,9-11,13,15,19-20,22-23H,1,3-8,12,14,16-18H2,(H,28,31)/t20-,22+,23-;20-,22-,23+/m11/s1. The highest BCUT2D eigenvalue weighted by Gasteiger charge is 2.32. The van der Waals surface area contributed by atoms with Crippen LogP contribution in [0.2, 0.25) is 0 Å². The number of carbonyl (C=O) groups is 2. The van der Waals surface area contributed by atoms with E-state index in [1.807, 2.05) is 57.9 Å². The maximum atomic E-state index is 12.9. The molecule has 4 aliphatic rings. The van der Waals surface area contributed by atoms with Crippen LogP contribution < -0.4 is 10.6 Å². The molecule has 14 nitrogen and oxygen atoms in total. The fourth-order valence-electron chi connectivity index (χ4n) is 10.1. The monoisotopic (exact) mass is 875 g/mol. The number of imidazole rings is 2. The summed E-state index contributed by atoms with van der Waals surface area (Å²) < 4.78 is 15.1. The number of carbonyl (C=O) groups excluding carboxylic acids is 2. The molecule has 0 spiro atoms. The van der Waals surface area contributed by atoms with Gasteiger partial charge in [-0.1, -0.05) is 37.8 Å². The van der Waals surface area contributed by atoms with Gasteiger partial charge in [-0.25, -0.2) is 19.9 Å². The SMILES string of the molecule is C=CCOC[C@@H]1CCCN(C[C@@H]2CCCC[C@H]2NC(=O)c2ccc(-n3ccnc3)nc2)C1.C=CCOC[C@@H]1CCCN(C[C@H]2CCCC[C@@H]2NC(=O)c2ccc(-n3ccnc3)nc2)C1. The number of hydrogen-bond donors (Lipinski definition) is 2. The van der Waals surface area contributed by atoms with E-state index >= 15 is 0 Å². The van der Waals surface area contributed by atoms with E-state index in [1.165, 1.54) is 64.2 Å². The summed E-state index contributed by atoms with van der Waals surface area (Å²) in [5.74, 6) is 3.65. The van der Waals surface area contributed by atoms with Crippen molar-refractivity contribution in [2.75, 3.05) is 65.7 Å². The van der Waals surface area contributed by atoms with E-state index in [4.69, 9.17) is 9.47 Å². The van der Waals surface area contributed by atoms with E-state index in [2.05, 4.69) is 53.5 Å². The third-order valence-electron chi connectivity index (χ3n) is 13.4. The van der Waals surface area contributed by atoms with E-state index in [1.54, 1.807) is 37.4 Å². The Morgan fingerprint density at radius 1 is 0.625 bits per heavy atom. The van der Waals surface area contributed by atoms with Gasteiger partial charge in [0.05, 0.1) is 37.6 Å². The number of likely N-dealkylation sites (tertiary alicyclic amines) is 2. The Morgan fingerprint density at radius 3 is 1.47 bits per heavy atom. The number of amides is 2. The fourth-order valence-corrected chi connectivity index (χ4v) is 10.1. The van der Waals surface area contributed by atoms with E-state index in [0.29, 0.717) is 48.0 Å². The summed E-state index contributed by atoms with van der Waals surface area (Å²) in [4.78, 5) is 48.0. The van der Waals surface area contributed by atoms with Gasteiger partial charge in [0.2, 0.25) is 0 Å². The second kappa shape index (κ2) is 24.9. The first-order chi connectivity index (χ1) is 31.4. The summed E-state index contributed by atoms with van der Waals surface area (Å²) in [5, 5.41) is 6.64. The highest BCUT2D eigenvalue weighted by Crippen LogP contribution is 2.29. The van der Waals surface area contributed by atoms with Crippen LogP contribution in [0.1, 0.15) is 97.8 Å². The summed E-state index contributed by atoms with van der Waals surface area (Å²) in [6.07, 6.45) is 31.7. The molecule has 0 radical (unpaired) electrons. The van der Waals surface area contributed by atoms with Crippen LogP contribution in [0.3, 0.4) is 0 Å². The Balaban J connectivity index is 0.000000191. The van der Waals surface area contributed by atoms with Crippen molar-refractivity contribution in [3.63, 3.8) is 0 Å². The lowest BCUT2D eigenvalue weighted by molar-refractivity contribution is 0.0598. The molecule has 2 amide bonds. The van der Waals surface area contributed by atoms with Crippen LogP contribution in [-0.4, -0.2) is 128 Å². The summed E-state index contributed by atoms with van der Waals surface area (Å²) in [5.41, 5.74) is 1.21. The first-order valence-electron chi connectivity index (χ1n) is 23.8. The van der Waals surface area contributed by atoms with Crippen LogP contribution >= 0.6 is 0 Å². The molecule has 4 aromatic heterocycles. The van der Waals surface area contributed by atoms with Gasteiger partial charge in [0.15, 0.2) is 0 Å². The predicted octanol–water partition coefficient (Wildman–Crippen LogP) is 6.94. The van der Waals surface area contributed by atoms with Crippen LogP contribution in [0.15, 0.2) is 99.4 Å². The number of ether oxygens (including phenoxy) is 2. The van der Waals surface area contributed by atoms with Gasteiger partial charge in [-0.15, -0.1) is 13.2 Å². The number of rotatable bonds is 18. The predicted molar refractivity (Wildman–Crippen MR) is 250 cm³/mol. The van der Waals surface area contributed by atoms with Crippen LogP contribution in [0.25, 0.3) is 11.6 Å². The van der Waals surface area contributed by atoms with Crippen LogP contribution in [0.5, 0.6) is 0 Å². The number of pyridine rings is 2. The largest absolute Gasteiger partial charge is 0.377 e. The van der Waals surface area contributed by atoms with Crippen molar-refractivity contribution >= 4 is 11.8 Å². The molecule has 344 valence electrons. The van der Waals surface area contributed by atoms with Crippen LogP contribution in [0.4, 0.5) is 0 Å². The van der Waals surface area contributed by atoms with Crippen molar-refractivity contribution in [3.05, 3.63) is 111 Å². The summed E-state index contributed by atoms with van der Waals surface area (Å²) >= 11 is 0. The molecular weight excluding hydrogens is 805 g/mol. The first kappa shape index (κ1) is 47.0. The average Bonchev–Trinajstić information content (AvgIpc) is 4.08. The van der Waals surface area contributed by atoms with Gasteiger partial charge in [0, 0.05) is 75.4 Å². The lowest BCUT2D eigenvalue weighted by Crippen LogP contribution is -2.48. The Bertz CT molecular complexity index is 1850. The molecule has 4 fully saturated rings. The van der Waals surface area contributed by atoms with Gasteiger partial charge in [-0.3, -0.25) is 18.7 Å². The first-order valence-corrected chi connectivity index (χ1v) is 23.8. The summed E-state index contributed by atoms with van der Waals surface area (Å²) in [6.45, 7) is 16.9. The van der Waals surface area contributed by atoms with E-state index in [0.717, 1.165) is 77.0 Å². The third-order valence-corrected chi connectivity index (χ3v) is 13.4. The topological polar surface area (TPSA) is 145 Å². The Morgan fingerprint density at radius 2 is 1.08 bits per heavy atom. The molecule has 0 aromatic carbocycles. The molecule has 0 unspecified atom stereocenters. The second-order valence-electron chi connectivity index (χ2n) is 18.2. The van der Waals surface area contributed by atoms with Gasteiger partial charge in [-0.2, -0.15) is 0 Å². The molecule has 0 bridgehead atoms. The normalized spacial score (nSPS) is 24.2. The zero-order valence-electron chi connectivity index (χ0n) is 37.7. The lowest BCUT2D eigenvalue weighted by atomic mass is 9.83. The number of hydrogen-bond acceptors (Lipinski definition) is 10. The summed E-state index contributed by atoms with van der Waals surface area (Å²) in [6, 6.07) is 7.85. The van der Waals surface area contributed by atoms with Crippen molar-refractivity contribution in [2.45, 2.75) is 89.1 Å². The minimum Gasteiger partial charge on any atom is -0.377 e. The van der Waals surface area contributed by atoms with Gasteiger partial charge in [0.25, 0.3) is 11.8 Å². The maximum Gasteiger partial charge on any atom is 0.253 e. The molecule has 2 saturated carbocycles. The Kier molecular flexibility index (Phi) is 18.3. The molecule has 2 N–H and O–H groups in total. The van der Waals surface area contributed by atoms with Crippen molar-refractivity contribution < 1.29 is 19.1 Å². The zero-order valence-corrected chi connectivity index (χ0v) is 37.7. The van der Waals surface area contributed by atoms with Crippen molar-refractivity contribution in [3.8, 4) is 11.6 Å². The number of nitrogens with zero attached hydrogens (tertiary/aromatic N) is 8. The van der Waals surface area contributed by atoms with Crippen molar-refractivity contribution in [2.24, 2.45) is 23.7 Å².